The highest BCUT2D eigenvalue weighted by molar-refractivity contribution is 5.94. The predicted octanol–water partition coefficient (Wildman–Crippen LogP) is 4.68. The molecule has 2 rings (SSSR count). The summed E-state index contributed by atoms with van der Waals surface area (Å²) >= 11 is 0. The molecule has 0 saturated carbocycles. The van der Waals surface area contributed by atoms with E-state index in [4.69, 9.17) is 5.11 Å². The Kier molecular flexibility index (Phi) is 8.81. The van der Waals surface area contributed by atoms with Crippen LogP contribution >= 0.6 is 0 Å². The van der Waals surface area contributed by atoms with E-state index in [1.807, 2.05) is 30.3 Å². The van der Waals surface area contributed by atoms with Crippen LogP contribution < -0.4 is 5.32 Å². The fraction of sp³-hybridized carbons (Fsp3) is 0.333. The number of carbonyl (C=O) groups is 2. The normalized spacial score (nSPS) is 10.0. The average Bonchev–Trinajstić information content (AvgIpc) is 2.71. The van der Waals surface area contributed by atoms with Gasteiger partial charge in [0.2, 0.25) is 0 Å². The highest BCUT2D eigenvalue weighted by atomic mass is 16.4. The summed E-state index contributed by atoms with van der Waals surface area (Å²) in [6.45, 7) is 2.42. The fourth-order valence-corrected chi connectivity index (χ4v) is 2.95. The molecule has 0 heterocycles. The van der Waals surface area contributed by atoms with Crippen molar-refractivity contribution in [2.75, 3.05) is 6.54 Å². The molecule has 2 N–H and O–H groups in total. The summed E-state index contributed by atoms with van der Waals surface area (Å²) in [5, 5.41) is 11.4. The number of carbonyl (C=O) groups excluding carboxylic acids is 1. The smallest absolute Gasteiger partial charge is 0.303 e. The van der Waals surface area contributed by atoms with E-state index in [0.29, 0.717) is 18.5 Å². The number of aryl methyl sites for hydroxylation is 1. The molecule has 0 saturated heterocycles. The maximum Gasteiger partial charge on any atom is 0.303 e. The van der Waals surface area contributed by atoms with E-state index in [-0.39, 0.29) is 12.3 Å². The van der Waals surface area contributed by atoms with E-state index in [1.165, 1.54) is 11.1 Å². The Hall–Kier alpha value is -3.06. The van der Waals surface area contributed by atoms with E-state index in [2.05, 4.69) is 42.3 Å². The molecule has 0 radical (unpaired) electrons. The zero-order valence-electron chi connectivity index (χ0n) is 16.3. The summed E-state index contributed by atoms with van der Waals surface area (Å²) in [5.41, 5.74) is 4.12. The van der Waals surface area contributed by atoms with Crippen LogP contribution in [0.1, 0.15) is 54.9 Å². The molecular weight excluding hydrogens is 350 g/mol. The molecule has 2 aromatic carbocycles. The topological polar surface area (TPSA) is 66.4 Å². The number of amides is 1. The van der Waals surface area contributed by atoms with Gasteiger partial charge in [-0.05, 0) is 48.1 Å². The van der Waals surface area contributed by atoms with Crippen LogP contribution in [0.15, 0.2) is 48.5 Å². The predicted molar refractivity (Wildman–Crippen MR) is 112 cm³/mol. The van der Waals surface area contributed by atoms with Crippen LogP contribution in [0.25, 0.3) is 11.1 Å². The first-order valence-corrected chi connectivity index (χ1v) is 9.76. The van der Waals surface area contributed by atoms with Crippen LogP contribution in [0.5, 0.6) is 0 Å². The summed E-state index contributed by atoms with van der Waals surface area (Å²) in [6, 6.07) is 15.9. The summed E-state index contributed by atoms with van der Waals surface area (Å²) in [5.74, 6) is 5.26. The van der Waals surface area contributed by atoms with Gasteiger partial charge in [-0.1, -0.05) is 43.3 Å². The van der Waals surface area contributed by atoms with E-state index in [0.717, 1.165) is 31.2 Å². The first-order valence-electron chi connectivity index (χ1n) is 9.76. The first-order chi connectivity index (χ1) is 13.6. The van der Waals surface area contributed by atoms with E-state index in [1.54, 1.807) is 0 Å². The molecule has 0 spiro atoms. The van der Waals surface area contributed by atoms with Crippen molar-refractivity contribution >= 4 is 11.9 Å². The number of nitrogens with one attached hydrogen (secondary N) is 1. The van der Waals surface area contributed by atoms with Crippen molar-refractivity contribution in [2.24, 2.45) is 0 Å². The third-order valence-corrected chi connectivity index (χ3v) is 4.38. The SMILES string of the molecule is CCC#CCCCc1ccccc1-c1ccc(C(=O)NCCCC(=O)O)cc1. The molecule has 0 unspecified atom stereocenters. The number of rotatable bonds is 9. The molecule has 1 amide bonds. The Bertz CT molecular complexity index is 844. The van der Waals surface area contributed by atoms with Gasteiger partial charge in [-0.2, -0.15) is 0 Å². The number of carboxylic acid groups (broad SMARTS) is 1. The molecule has 0 atom stereocenters. The van der Waals surface area contributed by atoms with Gasteiger partial charge in [0, 0.05) is 31.4 Å². The summed E-state index contributed by atoms with van der Waals surface area (Å²) in [4.78, 5) is 22.7. The largest absolute Gasteiger partial charge is 0.481 e. The number of aliphatic carboxylic acids is 1. The van der Waals surface area contributed by atoms with Gasteiger partial charge < -0.3 is 10.4 Å². The first kappa shape index (κ1) is 21.2. The lowest BCUT2D eigenvalue weighted by Crippen LogP contribution is -2.24. The molecule has 4 heteroatoms. The molecule has 0 fully saturated rings. The monoisotopic (exact) mass is 377 g/mol. The molecule has 146 valence electrons. The Balaban J connectivity index is 1.99. The minimum absolute atomic E-state index is 0.0556. The third kappa shape index (κ3) is 6.92. The second-order valence-electron chi connectivity index (χ2n) is 6.55. The van der Waals surface area contributed by atoms with Crippen molar-refractivity contribution < 1.29 is 14.7 Å². The van der Waals surface area contributed by atoms with E-state index < -0.39 is 5.97 Å². The van der Waals surface area contributed by atoms with Crippen molar-refractivity contribution in [3.63, 3.8) is 0 Å². The van der Waals surface area contributed by atoms with Crippen LogP contribution in [0, 0.1) is 11.8 Å². The maximum atomic E-state index is 12.2. The zero-order valence-corrected chi connectivity index (χ0v) is 16.3. The number of hydrogen-bond donors (Lipinski definition) is 2. The standard InChI is InChI=1S/C24H27NO3/c1-2-3-4-5-6-10-19-11-7-8-12-22(19)20-14-16-21(17-15-20)24(28)25-18-9-13-23(26)27/h7-8,11-12,14-17H,2,5-6,9-10,13,18H2,1H3,(H,25,28)(H,26,27). The van der Waals surface area contributed by atoms with Crippen LogP contribution in [-0.4, -0.2) is 23.5 Å². The summed E-state index contributed by atoms with van der Waals surface area (Å²) in [6.07, 6.45) is 4.29. The fourth-order valence-electron chi connectivity index (χ4n) is 2.95. The van der Waals surface area contributed by atoms with Gasteiger partial charge in [0.05, 0.1) is 0 Å². The highest BCUT2D eigenvalue weighted by Crippen LogP contribution is 2.25. The molecule has 0 aromatic heterocycles. The Labute approximate surface area is 167 Å². The lowest BCUT2D eigenvalue weighted by atomic mass is 9.95. The molecule has 0 aliphatic rings. The van der Waals surface area contributed by atoms with Gasteiger partial charge in [-0.15, -0.1) is 11.8 Å². The Morgan fingerprint density at radius 2 is 1.75 bits per heavy atom. The van der Waals surface area contributed by atoms with Gasteiger partial charge in [0.15, 0.2) is 0 Å². The van der Waals surface area contributed by atoms with Crippen molar-refractivity contribution in [2.45, 2.75) is 45.4 Å². The molecule has 4 nitrogen and oxygen atoms in total. The average molecular weight is 377 g/mol. The Morgan fingerprint density at radius 1 is 1.00 bits per heavy atom. The molecule has 0 aliphatic carbocycles. The lowest BCUT2D eigenvalue weighted by molar-refractivity contribution is -0.137. The molecular formula is C24H27NO3. The quantitative estimate of drug-likeness (QED) is 0.492. The van der Waals surface area contributed by atoms with Gasteiger partial charge in [-0.25, -0.2) is 0 Å². The molecule has 28 heavy (non-hydrogen) atoms. The van der Waals surface area contributed by atoms with Gasteiger partial charge in [0.25, 0.3) is 5.91 Å². The summed E-state index contributed by atoms with van der Waals surface area (Å²) in [7, 11) is 0. The van der Waals surface area contributed by atoms with Crippen LogP contribution in [-0.2, 0) is 11.2 Å². The van der Waals surface area contributed by atoms with Crippen molar-refractivity contribution in [3.8, 4) is 23.0 Å². The minimum Gasteiger partial charge on any atom is -0.481 e. The van der Waals surface area contributed by atoms with Crippen molar-refractivity contribution in [1.29, 1.82) is 0 Å². The minimum atomic E-state index is -0.852. The summed E-state index contributed by atoms with van der Waals surface area (Å²) < 4.78 is 0. The number of carboxylic acids is 1. The van der Waals surface area contributed by atoms with Crippen molar-refractivity contribution in [1.82, 2.24) is 5.32 Å². The van der Waals surface area contributed by atoms with Crippen LogP contribution in [0.2, 0.25) is 0 Å². The number of unbranched alkanes of at least 4 members (excludes halogenated alkanes) is 1. The van der Waals surface area contributed by atoms with Gasteiger partial charge in [-0.3, -0.25) is 9.59 Å². The van der Waals surface area contributed by atoms with Crippen LogP contribution in [0.4, 0.5) is 0 Å². The second kappa shape index (κ2) is 11.6. The Morgan fingerprint density at radius 3 is 2.46 bits per heavy atom. The highest BCUT2D eigenvalue weighted by Gasteiger charge is 2.08. The van der Waals surface area contributed by atoms with Gasteiger partial charge >= 0.3 is 5.97 Å². The van der Waals surface area contributed by atoms with Crippen LogP contribution in [0.3, 0.4) is 0 Å². The number of benzene rings is 2. The van der Waals surface area contributed by atoms with Crippen molar-refractivity contribution in [3.05, 3.63) is 59.7 Å². The van der Waals surface area contributed by atoms with E-state index in [9.17, 15) is 9.59 Å². The van der Waals surface area contributed by atoms with E-state index >= 15 is 0 Å². The second-order valence-corrected chi connectivity index (χ2v) is 6.55. The lowest BCUT2D eigenvalue weighted by Gasteiger charge is -2.10. The third-order valence-electron chi connectivity index (χ3n) is 4.38. The van der Waals surface area contributed by atoms with Gasteiger partial charge in [0.1, 0.15) is 0 Å². The number of hydrogen-bond acceptors (Lipinski definition) is 2. The molecule has 2 aromatic rings. The molecule has 0 aliphatic heterocycles. The molecule has 0 bridgehead atoms. The maximum absolute atomic E-state index is 12.2. The zero-order chi connectivity index (χ0) is 20.2.